The number of rotatable bonds is 2. The molecule has 4 aromatic carbocycles. The fourth-order valence-corrected chi connectivity index (χ4v) is 5.12. The molecule has 0 bridgehead atoms. The highest BCUT2D eigenvalue weighted by Crippen LogP contribution is 2.57. The molecule has 0 fully saturated rings. The Kier molecular flexibility index (Phi) is 4.07. The van der Waals surface area contributed by atoms with Gasteiger partial charge in [-0.2, -0.15) is 0 Å². The maximum absolute atomic E-state index is 3.74. The highest BCUT2D eigenvalue weighted by atomic mass is 79.9. The van der Waals surface area contributed by atoms with Gasteiger partial charge in [-0.3, -0.25) is 0 Å². The first-order valence-corrected chi connectivity index (χ1v) is 10.5. The summed E-state index contributed by atoms with van der Waals surface area (Å²) in [4.78, 5) is 0. The molecule has 0 spiro atoms. The van der Waals surface area contributed by atoms with Crippen LogP contribution in [0.4, 0.5) is 0 Å². The fourth-order valence-electron chi connectivity index (χ4n) is 4.43. The van der Waals surface area contributed by atoms with E-state index in [2.05, 4.69) is 129 Å². The Bertz CT molecular complexity index is 1090. The van der Waals surface area contributed by atoms with Gasteiger partial charge in [-0.1, -0.05) is 84.9 Å². The van der Waals surface area contributed by atoms with E-state index in [1.165, 1.54) is 33.4 Å². The number of hydrogen-bond acceptors (Lipinski definition) is 0. The average molecular weight is 476 g/mol. The first-order chi connectivity index (χ1) is 13.2. The molecular formula is C25H16Br2. The fraction of sp³-hybridized carbons (Fsp3) is 0.0400. The summed E-state index contributed by atoms with van der Waals surface area (Å²) >= 11 is 7.45. The smallest absolute Gasteiger partial charge is 0.0622 e. The Morgan fingerprint density at radius 1 is 0.481 bits per heavy atom. The molecule has 0 saturated heterocycles. The molecule has 1 aliphatic carbocycles. The van der Waals surface area contributed by atoms with Crippen molar-refractivity contribution in [2.45, 2.75) is 5.41 Å². The van der Waals surface area contributed by atoms with Crippen LogP contribution in [0.1, 0.15) is 22.3 Å². The van der Waals surface area contributed by atoms with Gasteiger partial charge in [0.25, 0.3) is 0 Å². The van der Waals surface area contributed by atoms with Crippen LogP contribution in [-0.2, 0) is 5.41 Å². The lowest BCUT2D eigenvalue weighted by Gasteiger charge is -2.34. The molecule has 1 aliphatic rings. The zero-order chi connectivity index (χ0) is 18.4. The van der Waals surface area contributed by atoms with E-state index in [4.69, 9.17) is 0 Å². The molecule has 0 nitrogen and oxygen atoms in total. The third-order valence-corrected chi connectivity index (χ3v) is 7.34. The van der Waals surface area contributed by atoms with Gasteiger partial charge in [0.05, 0.1) is 5.41 Å². The molecular weight excluding hydrogens is 460 g/mol. The molecule has 0 saturated carbocycles. The van der Waals surface area contributed by atoms with Gasteiger partial charge >= 0.3 is 0 Å². The van der Waals surface area contributed by atoms with Gasteiger partial charge in [-0.05, 0) is 77.4 Å². The van der Waals surface area contributed by atoms with E-state index in [0.29, 0.717) is 0 Å². The van der Waals surface area contributed by atoms with E-state index in [-0.39, 0.29) is 5.41 Å². The van der Waals surface area contributed by atoms with Crippen LogP contribution in [-0.4, -0.2) is 0 Å². The standard InChI is InChI=1S/C25H16Br2/c26-23-15-20-19-13-7-8-14-21(19)25(22(20)16-24(23)27,17-9-3-1-4-10-17)18-11-5-2-6-12-18/h1-16H. The Morgan fingerprint density at radius 2 is 1.00 bits per heavy atom. The quantitative estimate of drug-likeness (QED) is 0.247. The molecule has 0 N–H and O–H groups in total. The number of benzene rings is 4. The van der Waals surface area contributed by atoms with Crippen molar-refractivity contribution in [2.24, 2.45) is 0 Å². The predicted molar refractivity (Wildman–Crippen MR) is 119 cm³/mol. The van der Waals surface area contributed by atoms with E-state index in [0.717, 1.165) is 8.95 Å². The predicted octanol–water partition coefficient (Wildman–Crippen LogP) is 7.57. The van der Waals surface area contributed by atoms with Crippen molar-refractivity contribution in [3.63, 3.8) is 0 Å². The highest BCUT2D eigenvalue weighted by Gasteiger charge is 2.46. The van der Waals surface area contributed by atoms with Crippen LogP contribution in [0.2, 0.25) is 0 Å². The van der Waals surface area contributed by atoms with Gasteiger partial charge in [0.1, 0.15) is 0 Å². The second-order valence-electron chi connectivity index (χ2n) is 6.84. The van der Waals surface area contributed by atoms with E-state index >= 15 is 0 Å². The molecule has 0 aliphatic heterocycles. The molecule has 27 heavy (non-hydrogen) atoms. The number of hydrogen-bond donors (Lipinski definition) is 0. The Hall–Kier alpha value is -2.16. The Morgan fingerprint density at radius 3 is 1.63 bits per heavy atom. The van der Waals surface area contributed by atoms with Gasteiger partial charge < -0.3 is 0 Å². The third-order valence-electron chi connectivity index (χ3n) is 5.50. The zero-order valence-electron chi connectivity index (χ0n) is 14.5. The summed E-state index contributed by atoms with van der Waals surface area (Å²) in [5.41, 5.74) is 7.49. The summed E-state index contributed by atoms with van der Waals surface area (Å²) in [6.07, 6.45) is 0. The maximum Gasteiger partial charge on any atom is 0.0713 e. The Labute approximate surface area is 176 Å². The monoisotopic (exact) mass is 474 g/mol. The van der Waals surface area contributed by atoms with Crippen LogP contribution in [0.15, 0.2) is 106 Å². The molecule has 4 aromatic rings. The van der Waals surface area contributed by atoms with Crippen molar-refractivity contribution >= 4 is 31.9 Å². The van der Waals surface area contributed by atoms with Crippen molar-refractivity contribution in [3.05, 3.63) is 128 Å². The summed E-state index contributed by atoms with van der Waals surface area (Å²) in [5.74, 6) is 0. The summed E-state index contributed by atoms with van der Waals surface area (Å²) < 4.78 is 2.15. The molecule has 0 atom stereocenters. The van der Waals surface area contributed by atoms with Gasteiger partial charge in [0, 0.05) is 8.95 Å². The van der Waals surface area contributed by atoms with Crippen molar-refractivity contribution < 1.29 is 0 Å². The largest absolute Gasteiger partial charge is 0.0713 e. The van der Waals surface area contributed by atoms with Gasteiger partial charge in [0.2, 0.25) is 0 Å². The minimum atomic E-state index is -0.322. The SMILES string of the molecule is Brc1cc2c(cc1Br)C(c1ccccc1)(c1ccccc1)c1ccccc1-2. The van der Waals surface area contributed by atoms with E-state index in [1.54, 1.807) is 0 Å². The van der Waals surface area contributed by atoms with Gasteiger partial charge in [-0.25, -0.2) is 0 Å². The van der Waals surface area contributed by atoms with Crippen LogP contribution in [0.5, 0.6) is 0 Å². The van der Waals surface area contributed by atoms with Crippen LogP contribution < -0.4 is 0 Å². The molecule has 5 rings (SSSR count). The van der Waals surface area contributed by atoms with Crippen molar-refractivity contribution in [2.75, 3.05) is 0 Å². The minimum absolute atomic E-state index is 0.322. The molecule has 2 heteroatoms. The van der Waals surface area contributed by atoms with E-state index < -0.39 is 0 Å². The molecule has 0 unspecified atom stereocenters. The van der Waals surface area contributed by atoms with Crippen LogP contribution in [0.25, 0.3) is 11.1 Å². The van der Waals surface area contributed by atoms with Gasteiger partial charge in [0.15, 0.2) is 0 Å². The molecule has 0 aromatic heterocycles. The first kappa shape index (κ1) is 17.0. The second kappa shape index (κ2) is 6.47. The second-order valence-corrected chi connectivity index (χ2v) is 8.55. The lowest BCUT2D eigenvalue weighted by Crippen LogP contribution is -2.28. The molecule has 0 amide bonds. The molecule has 0 radical (unpaired) electrons. The Balaban J connectivity index is 1.99. The molecule has 130 valence electrons. The normalized spacial score (nSPS) is 13.9. The van der Waals surface area contributed by atoms with E-state index in [1.807, 2.05) is 0 Å². The highest BCUT2D eigenvalue weighted by molar-refractivity contribution is 9.13. The molecule has 0 heterocycles. The topological polar surface area (TPSA) is 0 Å². The van der Waals surface area contributed by atoms with Crippen LogP contribution >= 0.6 is 31.9 Å². The lowest BCUT2D eigenvalue weighted by atomic mass is 9.68. The van der Waals surface area contributed by atoms with Crippen LogP contribution in [0.3, 0.4) is 0 Å². The average Bonchev–Trinajstić information content (AvgIpc) is 3.00. The van der Waals surface area contributed by atoms with Crippen LogP contribution in [0, 0.1) is 0 Å². The third kappa shape index (κ3) is 2.40. The van der Waals surface area contributed by atoms with Crippen molar-refractivity contribution in [1.82, 2.24) is 0 Å². The summed E-state index contributed by atoms with van der Waals surface area (Å²) in [6.45, 7) is 0. The summed E-state index contributed by atoms with van der Waals surface area (Å²) in [6, 6.07) is 35.0. The minimum Gasteiger partial charge on any atom is -0.0622 e. The summed E-state index contributed by atoms with van der Waals surface area (Å²) in [5, 5.41) is 0. The lowest BCUT2D eigenvalue weighted by molar-refractivity contribution is 0.767. The summed E-state index contributed by atoms with van der Waals surface area (Å²) in [7, 11) is 0. The zero-order valence-corrected chi connectivity index (χ0v) is 17.7. The van der Waals surface area contributed by atoms with Crippen molar-refractivity contribution in [1.29, 1.82) is 0 Å². The number of halogens is 2. The number of fused-ring (bicyclic) bond motifs is 3. The maximum atomic E-state index is 3.74. The van der Waals surface area contributed by atoms with Crippen molar-refractivity contribution in [3.8, 4) is 11.1 Å². The van der Waals surface area contributed by atoms with Gasteiger partial charge in [-0.15, -0.1) is 0 Å². The first-order valence-electron chi connectivity index (χ1n) is 8.93. The van der Waals surface area contributed by atoms with E-state index in [9.17, 15) is 0 Å².